The summed E-state index contributed by atoms with van der Waals surface area (Å²) in [4.78, 5) is 11.1. The number of ether oxygens (including phenoxy) is 1. The second-order valence-corrected chi connectivity index (χ2v) is 7.74. The molecular formula is C8H14B2O3Si. The maximum atomic E-state index is 11.1. The van der Waals surface area contributed by atoms with Crippen LogP contribution in [0.3, 0.4) is 0 Å². The minimum Gasteiger partial charge on any atom is -0.463 e. The molecule has 0 unspecified atom stereocenters. The molecule has 0 aliphatic rings. The van der Waals surface area contributed by atoms with Crippen LogP contribution in [-0.2, 0) is 14.0 Å². The summed E-state index contributed by atoms with van der Waals surface area (Å²) in [6, 6.07) is 0. The van der Waals surface area contributed by atoms with Crippen LogP contribution in [0.1, 0.15) is 6.92 Å². The standard InChI is InChI=1S/C8H14B2O3Si/c1-6(2)7(11)12-5-14(3,4)13-8(9)10/h8H,1,5H2,2-4H3. The predicted octanol–water partition coefficient (Wildman–Crippen LogP) is 0.487. The number of hydrogen-bond acceptors (Lipinski definition) is 3. The van der Waals surface area contributed by atoms with Gasteiger partial charge in [-0.15, -0.1) is 0 Å². The fourth-order valence-electron chi connectivity index (χ4n) is 0.765. The summed E-state index contributed by atoms with van der Waals surface area (Å²) >= 11 is 0. The quantitative estimate of drug-likeness (QED) is 0.374. The van der Waals surface area contributed by atoms with E-state index in [9.17, 15) is 4.79 Å². The highest BCUT2D eigenvalue weighted by Gasteiger charge is 2.25. The molecule has 0 aliphatic heterocycles. The van der Waals surface area contributed by atoms with Crippen molar-refractivity contribution in [2.75, 3.05) is 6.23 Å². The van der Waals surface area contributed by atoms with Crippen molar-refractivity contribution in [3.8, 4) is 0 Å². The molecule has 0 aromatic heterocycles. The van der Waals surface area contributed by atoms with Crippen LogP contribution in [0.4, 0.5) is 0 Å². The lowest BCUT2D eigenvalue weighted by molar-refractivity contribution is -0.137. The first kappa shape index (κ1) is 13.5. The first-order chi connectivity index (χ1) is 6.24. The lowest BCUT2D eigenvalue weighted by Gasteiger charge is -2.25. The Kier molecular flexibility index (Phi) is 5.22. The van der Waals surface area contributed by atoms with Gasteiger partial charge in [-0.2, -0.15) is 0 Å². The highest BCUT2D eigenvalue weighted by molar-refractivity contribution is 6.72. The van der Waals surface area contributed by atoms with Crippen molar-refractivity contribution < 1.29 is 14.0 Å². The topological polar surface area (TPSA) is 35.5 Å². The molecular weight excluding hydrogens is 194 g/mol. The van der Waals surface area contributed by atoms with E-state index >= 15 is 0 Å². The molecule has 0 bridgehead atoms. The highest BCUT2D eigenvalue weighted by Crippen LogP contribution is 2.07. The van der Waals surface area contributed by atoms with Gasteiger partial charge in [0.05, 0.1) is 15.7 Å². The molecule has 0 N–H and O–H groups in total. The first-order valence-electron chi connectivity index (χ1n) is 4.26. The molecule has 0 aliphatic carbocycles. The lowest BCUT2D eigenvalue weighted by atomic mass is 9.82. The van der Waals surface area contributed by atoms with Crippen LogP contribution in [0.25, 0.3) is 0 Å². The Morgan fingerprint density at radius 3 is 2.36 bits per heavy atom. The Morgan fingerprint density at radius 1 is 1.50 bits per heavy atom. The zero-order valence-corrected chi connectivity index (χ0v) is 9.87. The van der Waals surface area contributed by atoms with E-state index in [-0.39, 0.29) is 6.23 Å². The Bertz CT molecular complexity index is 229. The average molecular weight is 208 g/mol. The van der Waals surface area contributed by atoms with Crippen molar-refractivity contribution in [3.05, 3.63) is 12.2 Å². The second-order valence-electron chi connectivity index (χ2n) is 3.70. The molecule has 0 heterocycles. The summed E-state index contributed by atoms with van der Waals surface area (Å²) < 4.78 is 10.2. The van der Waals surface area contributed by atoms with Crippen LogP contribution >= 0.6 is 0 Å². The molecule has 0 saturated heterocycles. The molecule has 0 saturated carbocycles. The third-order valence-electron chi connectivity index (χ3n) is 1.35. The van der Waals surface area contributed by atoms with E-state index in [1.54, 1.807) is 6.92 Å². The smallest absolute Gasteiger partial charge is 0.332 e. The maximum Gasteiger partial charge on any atom is 0.332 e. The molecule has 0 aromatic rings. The van der Waals surface area contributed by atoms with Crippen LogP contribution in [0.2, 0.25) is 13.1 Å². The van der Waals surface area contributed by atoms with E-state index in [0.717, 1.165) is 0 Å². The van der Waals surface area contributed by atoms with Crippen molar-refractivity contribution in [2.24, 2.45) is 0 Å². The largest absolute Gasteiger partial charge is 0.463 e. The molecule has 0 fully saturated rings. The van der Waals surface area contributed by atoms with Crippen LogP contribution in [0.15, 0.2) is 12.2 Å². The van der Waals surface area contributed by atoms with Crippen LogP contribution in [-0.4, -0.2) is 42.1 Å². The summed E-state index contributed by atoms with van der Waals surface area (Å²) in [6.45, 7) is 8.79. The minimum absolute atomic E-state index is 0.226. The third-order valence-corrected chi connectivity index (χ3v) is 3.10. The minimum atomic E-state index is -2.11. The molecule has 4 radical (unpaired) electrons. The van der Waals surface area contributed by atoms with Gasteiger partial charge < -0.3 is 9.16 Å². The van der Waals surface area contributed by atoms with Crippen molar-refractivity contribution >= 4 is 30.0 Å². The molecule has 6 heteroatoms. The lowest BCUT2D eigenvalue weighted by Crippen LogP contribution is -2.41. The predicted molar refractivity (Wildman–Crippen MR) is 59.6 cm³/mol. The van der Waals surface area contributed by atoms with E-state index in [0.29, 0.717) is 5.57 Å². The van der Waals surface area contributed by atoms with Gasteiger partial charge in [-0.05, 0) is 25.9 Å². The summed E-state index contributed by atoms with van der Waals surface area (Å²) in [5, 5.41) is 0. The Balaban J connectivity index is 3.98. The Morgan fingerprint density at radius 2 is 2.00 bits per heavy atom. The molecule has 0 aromatic carbocycles. The number of carbonyl (C=O) groups excluding carboxylic acids is 1. The van der Waals surface area contributed by atoms with Gasteiger partial charge in [0.25, 0.3) is 0 Å². The van der Waals surface area contributed by atoms with Crippen LogP contribution < -0.4 is 0 Å². The Labute approximate surface area is 88.8 Å². The Hall–Kier alpha value is -0.483. The zero-order valence-electron chi connectivity index (χ0n) is 8.87. The highest BCUT2D eigenvalue weighted by atomic mass is 28.4. The molecule has 0 spiro atoms. The molecule has 0 atom stereocenters. The summed E-state index contributed by atoms with van der Waals surface area (Å²) in [5.41, 5.74) is 0.367. The van der Waals surface area contributed by atoms with E-state index in [2.05, 4.69) is 6.58 Å². The fourth-order valence-corrected chi connectivity index (χ4v) is 2.05. The van der Waals surface area contributed by atoms with Gasteiger partial charge in [0.1, 0.15) is 6.23 Å². The maximum absolute atomic E-state index is 11.1. The van der Waals surface area contributed by atoms with Gasteiger partial charge >= 0.3 is 5.97 Å². The van der Waals surface area contributed by atoms with Crippen molar-refractivity contribution in [1.82, 2.24) is 0 Å². The van der Waals surface area contributed by atoms with E-state index in [4.69, 9.17) is 24.9 Å². The molecule has 14 heavy (non-hydrogen) atoms. The average Bonchev–Trinajstić information content (AvgIpc) is 1.97. The fraction of sp³-hybridized carbons (Fsp3) is 0.625. The van der Waals surface area contributed by atoms with Crippen molar-refractivity contribution in [1.29, 1.82) is 0 Å². The summed E-state index contributed by atoms with van der Waals surface area (Å²) in [7, 11) is 8.44. The van der Waals surface area contributed by atoms with E-state index in [1.165, 1.54) is 0 Å². The first-order valence-corrected chi connectivity index (χ1v) is 7.38. The number of esters is 1. The van der Waals surface area contributed by atoms with Gasteiger partial charge in [0, 0.05) is 5.57 Å². The molecule has 0 rings (SSSR count). The second kappa shape index (κ2) is 5.41. The van der Waals surface area contributed by atoms with Crippen LogP contribution in [0.5, 0.6) is 0 Å². The molecule has 0 amide bonds. The van der Waals surface area contributed by atoms with Gasteiger partial charge in [-0.25, -0.2) is 4.79 Å². The van der Waals surface area contributed by atoms with Gasteiger partial charge in [0.15, 0.2) is 0 Å². The van der Waals surface area contributed by atoms with E-state index < -0.39 is 20.2 Å². The normalized spacial score (nSPS) is 11.4. The third kappa shape index (κ3) is 6.04. The monoisotopic (exact) mass is 208 g/mol. The SMILES string of the molecule is [B]C([B])O[Si](C)(C)COC(=O)C(=C)C. The van der Waals surface area contributed by atoms with E-state index in [1.807, 2.05) is 13.1 Å². The van der Waals surface area contributed by atoms with Crippen molar-refractivity contribution in [2.45, 2.75) is 25.9 Å². The van der Waals surface area contributed by atoms with Crippen molar-refractivity contribution in [3.63, 3.8) is 0 Å². The van der Waals surface area contributed by atoms with Gasteiger partial charge in [0.2, 0.25) is 8.32 Å². The zero-order chi connectivity index (χ0) is 11.4. The van der Waals surface area contributed by atoms with Gasteiger partial charge in [-0.1, -0.05) is 6.58 Å². The number of carbonyl (C=O) groups is 1. The summed E-state index contributed by atoms with van der Waals surface area (Å²) in [5.74, 6) is -1.24. The summed E-state index contributed by atoms with van der Waals surface area (Å²) in [6.07, 6.45) is 0.226. The number of hydrogen-bond donors (Lipinski definition) is 0. The number of rotatable bonds is 5. The van der Waals surface area contributed by atoms with Crippen LogP contribution in [0, 0.1) is 0 Å². The molecule has 3 nitrogen and oxygen atoms in total. The van der Waals surface area contributed by atoms with Gasteiger partial charge in [-0.3, -0.25) is 0 Å². The molecule has 74 valence electrons.